The Kier molecular flexibility index (Phi) is 4.89. The number of rotatable bonds is 7. The van der Waals surface area contributed by atoms with E-state index in [9.17, 15) is 4.79 Å². The van der Waals surface area contributed by atoms with Crippen molar-refractivity contribution in [2.45, 2.75) is 19.4 Å². The molecule has 2 N–H and O–H groups in total. The quantitative estimate of drug-likeness (QED) is 0.526. The van der Waals surface area contributed by atoms with Crippen LogP contribution >= 0.6 is 0 Å². The Morgan fingerprint density at radius 1 is 1.22 bits per heavy atom. The predicted octanol–water partition coefficient (Wildman–Crippen LogP) is 3.74. The zero-order valence-electron chi connectivity index (χ0n) is 15.2. The van der Waals surface area contributed by atoms with Gasteiger partial charge in [0.2, 0.25) is 5.91 Å². The summed E-state index contributed by atoms with van der Waals surface area (Å²) in [6.07, 6.45) is 3.00. The summed E-state index contributed by atoms with van der Waals surface area (Å²) in [7, 11) is 1.70. The van der Waals surface area contributed by atoms with Crippen molar-refractivity contribution in [3.63, 3.8) is 0 Å². The summed E-state index contributed by atoms with van der Waals surface area (Å²) in [6, 6.07) is 15.9. The van der Waals surface area contributed by atoms with Crippen molar-refractivity contribution in [2.75, 3.05) is 19.0 Å². The number of aromatic amines is 1. The molecule has 6 heteroatoms. The predicted molar refractivity (Wildman–Crippen MR) is 107 cm³/mol. The molecule has 2 aromatic heterocycles. The van der Waals surface area contributed by atoms with Gasteiger partial charge in [-0.25, -0.2) is 4.98 Å². The molecule has 4 rings (SSSR count). The van der Waals surface area contributed by atoms with E-state index in [1.54, 1.807) is 7.11 Å². The smallest absolute Gasteiger partial charge is 0.224 e. The molecule has 0 fully saturated rings. The molecule has 0 aliphatic carbocycles. The Bertz CT molecular complexity index is 1050. The highest BCUT2D eigenvalue weighted by molar-refractivity contribution is 5.94. The number of fused-ring (bicyclic) bond motifs is 2. The van der Waals surface area contributed by atoms with Crippen LogP contribution in [0.4, 0.5) is 5.69 Å². The molecule has 2 heterocycles. The molecule has 2 aromatic carbocycles. The minimum absolute atomic E-state index is 0.0198. The molecule has 1 amide bonds. The fourth-order valence-electron chi connectivity index (χ4n) is 3.24. The van der Waals surface area contributed by atoms with Crippen LogP contribution in [0.1, 0.15) is 12.2 Å². The Hall–Kier alpha value is -3.12. The van der Waals surface area contributed by atoms with Gasteiger partial charge in [0.1, 0.15) is 5.82 Å². The maximum atomic E-state index is 12.3. The summed E-state index contributed by atoms with van der Waals surface area (Å²) in [4.78, 5) is 20.1. The van der Waals surface area contributed by atoms with Gasteiger partial charge in [-0.05, 0) is 36.4 Å². The van der Waals surface area contributed by atoms with Gasteiger partial charge in [-0.2, -0.15) is 0 Å². The molecule has 0 radical (unpaired) electrons. The number of hydrogen-bond donors (Lipinski definition) is 2. The second-order valence-electron chi connectivity index (χ2n) is 6.52. The number of aromatic nitrogens is 3. The SMILES string of the molecule is COCCn1ccc2cc(NC(=O)CCc3nc4ccccc4[nH]3)ccc21. The molecule has 0 unspecified atom stereocenters. The van der Waals surface area contributed by atoms with E-state index in [0.29, 0.717) is 19.4 Å². The maximum absolute atomic E-state index is 12.3. The Balaban J connectivity index is 1.38. The first-order valence-electron chi connectivity index (χ1n) is 9.04. The van der Waals surface area contributed by atoms with Crippen LogP contribution in [0, 0.1) is 0 Å². The van der Waals surface area contributed by atoms with Crippen molar-refractivity contribution < 1.29 is 9.53 Å². The number of imidazole rings is 1. The van der Waals surface area contributed by atoms with Gasteiger partial charge in [0.25, 0.3) is 0 Å². The van der Waals surface area contributed by atoms with Crippen LogP contribution in [0.15, 0.2) is 54.7 Å². The highest BCUT2D eigenvalue weighted by Gasteiger charge is 2.08. The average Bonchev–Trinajstić information content (AvgIpc) is 3.28. The van der Waals surface area contributed by atoms with Crippen LogP contribution in [-0.4, -0.2) is 34.2 Å². The highest BCUT2D eigenvalue weighted by Crippen LogP contribution is 2.21. The Labute approximate surface area is 157 Å². The van der Waals surface area contributed by atoms with E-state index in [0.717, 1.165) is 40.0 Å². The second kappa shape index (κ2) is 7.63. The Morgan fingerprint density at radius 2 is 2.11 bits per heavy atom. The van der Waals surface area contributed by atoms with Crippen LogP contribution in [0.2, 0.25) is 0 Å². The van der Waals surface area contributed by atoms with Gasteiger partial charge >= 0.3 is 0 Å². The molecule has 138 valence electrons. The van der Waals surface area contributed by atoms with E-state index < -0.39 is 0 Å². The fourth-order valence-corrected chi connectivity index (χ4v) is 3.24. The van der Waals surface area contributed by atoms with E-state index in [2.05, 4.69) is 25.9 Å². The number of benzene rings is 2. The van der Waals surface area contributed by atoms with Crippen molar-refractivity contribution in [1.29, 1.82) is 0 Å². The number of carbonyl (C=O) groups is 1. The number of anilines is 1. The molecule has 6 nitrogen and oxygen atoms in total. The second-order valence-corrected chi connectivity index (χ2v) is 6.52. The summed E-state index contributed by atoms with van der Waals surface area (Å²) in [6.45, 7) is 1.48. The number of nitrogens with zero attached hydrogens (tertiary/aromatic N) is 2. The summed E-state index contributed by atoms with van der Waals surface area (Å²) in [5.74, 6) is 0.811. The molecule has 0 bridgehead atoms. The molecule has 4 aromatic rings. The molecule has 0 aliphatic rings. The van der Waals surface area contributed by atoms with Crippen LogP contribution in [0.25, 0.3) is 21.9 Å². The first-order valence-corrected chi connectivity index (χ1v) is 9.04. The standard InChI is InChI=1S/C21H22N4O2/c1-27-13-12-25-11-10-15-14-16(6-7-19(15)25)22-21(26)9-8-20-23-17-4-2-3-5-18(17)24-20/h2-7,10-11,14H,8-9,12-13H2,1H3,(H,22,26)(H,23,24). The number of H-pyrrole nitrogens is 1. The number of para-hydroxylation sites is 2. The van der Waals surface area contributed by atoms with Crippen molar-refractivity contribution in [3.8, 4) is 0 Å². The third kappa shape index (κ3) is 3.85. The van der Waals surface area contributed by atoms with Crippen molar-refractivity contribution in [2.24, 2.45) is 0 Å². The number of carbonyl (C=O) groups excluding carboxylic acids is 1. The van der Waals surface area contributed by atoms with E-state index >= 15 is 0 Å². The number of aryl methyl sites for hydroxylation is 1. The number of amides is 1. The van der Waals surface area contributed by atoms with Crippen LogP contribution in [-0.2, 0) is 22.5 Å². The van der Waals surface area contributed by atoms with Gasteiger partial charge in [0, 0.05) is 49.3 Å². The lowest BCUT2D eigenvalue weighted by molar-refractivity contribution is -0.116. The van der Waals surface area contributed by atoms with Gasteiger partial charge < -0.3 is 19.6 Å². The highest BCUT2D eigenvalue weighted by atomic mass is 16.5. The van der Waals surface area contributed by atoms with Gasteiger partial charge in [0.05, 0.1) is 17.6 Å². The van der Waals surface area contributed by atoms with E-state index in [1.165, 1.54) is 0 Å². The lowest BCUT2D eigenvalue weighted by Gasteiger charge is -2.07. The fraction of sp³-hybridized carbons (Fsp3) is 0.238. The van der Waals surface area contributed by atoms with Gasteiger partial charge in [-0.1, -0.05) is 12.1 Å². The molecular formula is C21H22N4O2. The topological polar surface area (TPSA) is 71.9 Å². The van der Waals surface area contributed by atoms with Crippen LogP contribution in [0.3, 0.4) is 0 Å². The number of ether oxygens (including phenoxy) is 1. The largest absolute Gasteiger partial charge is 0.383 e. The van der Waals surface area contributed by atoms with E-state index in [1.807, 2.05) is 48.7 Å². The summed E-state index contributed by atoms with van der Waals surface area (Å²) >= 11 is 0. The zero-order valence-corrected chi connectivity index (χ0v) is 15.2. The van der Waals surface area contributed by atoms with Gasteiger partial charge in [0.15, 0.2) is 0 Å². The summed E-state index contributed by atoms with van der Waals surface area (Å²) in [5, 5.41) is 4.07. The normalized spacial score (nSPS) is 11.3. The van der Waals surface area contributed by atoms with Crippen molar-refractivity contribution in [3.05, 3.63) is 60.6 Å². The molecular weight excluding hydrogens is 340 g/mol. The molecule has 0 atom stereocenters. The minimum Gasteiger partial charge on any atom is -0.383 e. The first-order chi connectivity index (χ1) is 13.2. The Morgan fingerprint density at radius 3 is 2.96 bits per heavy atom. The minimum atomic E-state index is -0.0198. The first kappa shape index (κ1) is 17.3. The van der Waals surface area contributed by atoms with Gasteiger partial charge in [-0.15, -0.1) is 0 Å². The van der Waals surface area contributed by atoms with Crippen LogP contribution < -0.4 is 5.32 Å². The maximum Gasteiger partial charge on any atom is 0.224 e. The third-order valence-electron chi connectivity index (χ3n) is 4.62. The number of hydrogen-bond acceptors (Lipinski definition) is 3. The van der Waals surface area contributed by atoms with Crippen molar-refractivity contribution in [1.82, 2.24) is 14.5 Å². The third-order valence-corrected chi connectivity index (χ3v) is 4.62. The lowest BCUT2D eigenvalue weighted by atomic mass is 10.2. The summed E-state index contributed by atoms with van der Waals surface area (Å²) in [5.41, 5.74) is 3.86. The zero-order chi connectivity index (χ0) is 18.6. The van der Waals surface area contributed by atoms with Crippen molar-refractivity contribution >= 4 is 33.5 Å². The number of methoxy groups -OCH3 is 1. The van der Waals surface area contributed by atoms with E-state index in [4.69, 9.17) is 4.74 Å². The van der Waals surface area contributed by atoms with Crippen LogP contribution in [0.5, 0.6) is 0 Å². The average molecular weight is 362 g/mol. The van der Waals surface area contributed by atoms with Gasteiger partial charge in [-0.3, -0.25) is 4.79 Å². The lowest BCUT2D eigenvalue weighted by Crippen LogP contribution is -2.12. The molecule has 0 aliphatic heterocycles. The molecule has 0 spiro atoms. The number of nitrogens with one attached hydrogen (secondary N) is 2. The molecule has 0 saturated heterocycles. The molecule has 0 saturated carbocycles. The summed E-state index contributed by atoms with van der Waals surface area (Å²) < 4.78 is 7.28. The van der Waals surface area contributed by atoms with E-state index in [-0.39, 0.29) is 5.91 Å². The molecule has 27 heavy (non-hydrogen) atoms. The monoisotopic (exact) mass is 362 g/mol.